The summed E-state index contributed by atoms with van der Waals surface area (Å²) < 4.78 is 11.4. The highest BCUT2D eigenvalue weighted by molar-refractivity contribution is 5.36. The van der Waals surface area contributed by atoms with Gasteiger partial charge in [0.25, 0.3) is 0 Å². The monoisotopic (exact) mass is 261 g/mol. The van der Waals surface area contributed by atoms with Crippen LogP contribution in [0.3, 0.4) is 0 Å². The number of hydrogen-bond acceptors (Lipinski definition) is 3. The molecule has 1 N–H and O–H groups in total. The lowest BCUT2D eigenvalue weighted by Gasteiger charge is -2.27. The van der Waals surface area contributed by atoms with E-state index in [1.54, 1.807) is 7.11 Å². The maximum absolute atomic E-state index is 5.93. The van der Waals surface area contributed by atoms with Crippen LogP contribution in [0.1, 0.15) is 44.2 Å². The molecule has 0 amide bonds. The molecule has 1 aromatic rings. The molecule has 2 aliphatic rings. The Morgan fingerprint density at radius 1 is 1.37 bits per heavy atom. The minimum absolute atomic E-state index is 0.351. The molecule has 4 atom stereocenters. The second-order valence-corrected chi connectivity index (χ2v) is 5.59. The van der Waals surface area contributed by atoms with Gasteiger partial charge in [-0.3, -0.25) is 0 Å². The van der Waals surface area contributed by atoms with E-state index in [-0.39, 0.29) is 0 Å². The number of nitrogens with one attached hydrogen (secondary N) is 1. The average Bonchev–Trinajstić information content (AvgIpc) is 3.07. The Kier molecular flexibility index (Phi) is 3.76. The van der Waals surface area contributed by atoms with Gasteiger partial charge >= 0.3 is 0 Å². The fourth-order valence-electron chi connectivity index (χ4n) is 3.45. The first-order chi connectivity index (χ1) is 9.31. The van der Waals surface area contributed by atoms with Gasteiger partial charge in [0.05, 0.1) is 19.3 Å². The second-order valence-electron chi connectivity index (χ2n) is 5.59. The number of para-hydroxylation sites is 1. The van der Waals surface area contributed by atoms with Crippen LogP contribution >= 0.6 is 0 Å². The molecule has 2 fully saturated rings. The SMILES string of the molecule is CCC(NC1CC2CCC1O2)c1ccccc1OC. The summed E-state index contributed by atoms with van der Waals surface area (Å²) in [5.74, 6) is 0.978. The molecular formula is C16H23NO2. The van der Waals surface area contributed by atoms with E-state index in [1.807, 2.05) is 12.1 Å². The number of methoxy groups -OCH3 is 1. The highest BCUT2D eigenvalue weighted by atomic mass is 16.5. The van der Waals surface area contributed by atoms with Crippen LogP contribution in [0.15, 0.2) is 24.3 Å². The zero-order valence-electron chi connectivity index (χ0n) is 11.8. The van der Waals surface area contributed by atoms with Gasteiger partial charge in [-0.2, -0.15) is 0 Å². The van der Waals surface area contributed by atoms with Crippen molar-refractivity contribution in [3.63, 3.8) is 0 Å². The van der Waals surface area contributed by atoms with Crippen molar-refractivity contribution in [2.75, 3.05) is 7.11 Å². The van der Waals surface area contributed by atoms with Crippen molar-refractivity contribution in [3.05, 3.63) is 29.8 Å². The smallest absolute Gasteiger partial charge is 0.123 e. The van der Waals surface area contributed by atoms with Crippen LogP contribution in [-0.2, 0) is 4.74 Å². The number of benzene rings is 1. The summed E-state index contributed by atoms with van der Waals surface area (Å²) in [6, 6.07) is 9.16. The van der Waals surface area contributed by atoms with Crippen molar-refractivity contribution in [2.45, 2.75) is 56.9 Å². The largest absolute Gasteiger partial charge is 0.496 e. The van der Waals surface area contributed by atoms with Crippen molar-refractivity contribution in [2.24, 2.45) is 0 Å². The molecule has 2 heterocycles. The highest BCUT2D eigenvalue weighted by Crippen LogP contribution is 2.36. The van der Waals surface area contributed by atoms with Gasteiger partial charge in [0.15, 0.2) is 0 Å². The second kappa shape index (κ2) is 5.51. The van der Waals surface area contributed by atoms with Crippen molar-refractivity contribution in [3.8, 4) is 5.75 Å². The van der Waals surface area contributed by atoms with Crippen LogP contribution in [0.4, 0.5) is 0 Å². The highest BCUT2D eigenvalue weighted by Gasteiger charge is 2.41. The van der Waals surface area contributed by atoms with E-state index in [4.69, 9.17) is 9.47 Å². The Hall–Kier alpha value is -1.06. The fourth-order valence-corrected chi connectivity index (χ4v) is 3.45. The van der Waals surface area contributed by atoms with E-state index < -0.39 is 0 Å². The lowest BCUT2D eigenvalue weighted by atomic mass is 9.93. The fraction of sp³-hybridized carbons (Fsp3) is 0.625. The van der Waals surface area contributed by atoms with Gasteiger partial charge in [0.1, 0.15) is 5.75 Å². The predicted octanol–water partition coefficient (Wildman–Crippen LogP) is 3.06. The molecule has 0 radical (unpaired) electrons. The summed E-state index contributed by atoms with van der Waals surface area (Å²) in [6.45, 7) is 2.22. The minimum Gasteiger partial charge on any atom is -0.496 e. The molecule has 4 unspecified atom stereocenters. The third-order valence-corrected chi connectivity index (χ3v) is 4.44. The van der Waals surface area contributed by atoms with Gasteiger partial charge in [-0.25, -0.2) is 0 Å². The molecule has 2 saturated heterocycles. The summed E-state index contributed by atoms with van der Waals surface area (Å²) in [4.78, 5) is 0. The first-order valence-electron chi connectivity index (χ1n) is 7.36. The topological polar surface area (TPSA) is 30.5 Å². The van der Waals surface area contributed by atoms with Gasteiger partial charge in [0.2, 0.25) is 0 Å². The number of rotatable bonds is 5. The zero-order chi connectivity index (χ0) is 13.2. The van der Waals surface area contributed by atoms with E-state index >= 15 is 0 Å². The third-order valence-electron chi connectivity index (χ3n) is 4.44. The maximum atomic E-state index is 5.93. The van der Waals surface area contributed by atoms with Crippen molar-refractivity contribution >= 4 is 0 Å². The molecule has 3 nitrogen and oxygen atoms in total. The van der Waals surface area contributed by atoms with Gasteiger partial charge in [-0.15, -0.1) is 0 Å². The van der Waals surface area contributed by atoms with Gasteiger partial charge in [-0.05, 0) is 31.7 Å². The molecular weight excluding hydrogens is 238 g/mol. The average molecular weight is 261 g/mol. The van der Waals surface area contributed by atoms with E-state index in [0.29, 0.717) is 24.3 Å². The maximum Gasteiger partial charge on any atom is 0.123 e. The quantitative estimate of drug-likeness (QED) is 0.883. The lowest BCUT2D eigenvalue weighted by Crippen LogP contribution is -2.39. The summed E-state index contributed by atoms with van der Waals surface area (Å²) in [5, 5.41) is 3.78. The van der Waals surface area contributed by atoms with E-state index in [9.17, 15) is 0 Å². The molecule has 0 aliphatic carbocycles. The summed E-state index contributed by atoms with van der Waals surface area (Å²) in [7, 11) is 1.74. The van der Waals surface area contributed by atoms with E-state index in [0.717, 1.165) is 18.6 Å². The molecule has 0 spiro atoms. The molecule has 19 heavy (non-hydrogen) atoms. The standard InChI is InChI=1S/C16H23NO2/c1-3-13(12-6-4-5-7-15(12)18-2)17-14-10-11-8-9-16(14)19-11/h4-7,11,13-14,16-17H,3,8-10H2,1-2H3. The first kappa shape index (κ1) is 12.9. The van der Waals surface area contributed by atoms with Gasteiger partial charge in [0, 0.05) is 17.6 Å². The van der Waals surface area contributed by atoms with Crippen molar-refractivity contribution in [1.82, 2.24) is 5.32 Å². The van der Waals surface area contributed by atoms with Crippen molar-refractivity contribution < 1.29 is 9.47 Å². The molecule has 3 rings (SSSR count). The number of hydrogen-bond donors (Lipinski definition) is 1. The van der Waals surface area contributed by atoms with E-state index in [2.05, 4.69) is 24.4 Å². The third kappa shape index (κ3) is 2.49. The van der Waals surface area contributed by atoms with Crippen LogP contribution in [0.5, 0.6) is 5.75 Å². The molecule has 2 aliphatic heterocycles. The Morgan fingerprint density at radius 3 is 2.84 bits per heavy atom. The van der Waals surface area contributed by atoms with Crippen LogP contribution in [0.25, 0.3) is 0 Å². The van der Waals surface area contributed by atoms with Gasteiger partial charge in [-0.1, -0.05) is 25.1 Å². The number of ether oxygens (including phenoxy) is 2. The molecule has 3 heteroatoms. The zero-order valence-corrected chi connectivity index (χ0v) is 11.8. The Balaban J connectivity index is 1.73. The van der Waals surface area contributed by atoms with Crippen LogP contribution in [0.2, 0.25) is 0 Å². The minimum atomic E-state index is 0.351. The normalized spacial score (nSPS) is 30.5. The summed E-state index contributed by atoms with van der Waals surface area (Å²) >= 11 is 0. The van der Waals surface area contributed by atoms with Gasteiger partial charge < -0.3 is 14.8 Å². The lowest BCUT2D eigenvalue weighted by molar-refractivity contribution is 0.0958. The summed E-state index contributed by atoms with van der Waals surface area (Å²) in [6.07, 6.45) is 5.61. The van der Waals surface area contributed by atoms with Crippen LogP contribution < -0.4 is 10.1 Å². The van der Waals surface area contributed by atoms with Crippen molar-refractivity contribution in [1.29, 1.82) is 0 Å². The number of fused-ring (bicyclic) bond motifs is 2. The molecule has 104 valence electrons. The van der Waals surface area contributed by atoms with Crippen LogP contribution in [-0.4, -0.2) is 25.4 Å². The van der Waals surface area contributed by atoms with E-state index in [1.165, 1.54) is 18.4 Å². The Labute approximate surface area is 115 Å². The predicted molar refractivity (Wildman–Crippen MR) is 75.5 cm³/mol. The Bertz CT molecular complexity index is 435. The first-order valence-corrected chi connectivity index (χ1v) is 7.36. The summed E-state index contributed by atoms with van der Waals surface area (Å²) in [5.41, 5.74) is 1.26. The molecule has 1 aromatic carbocycles. The molecule has 2 bridgehead atoms. The molecule has 0 saturated carbocycles. The molecule has 0 aromatic heterocycles. The van der Waals surface area contributed by atoms with Crippen LogP contribution in [0, 0.1) is 0 Å². The Morgan fingerprint density at radius 2 is 2.21 bits per heavy atom.